The van der Waals surface area contributed by atoms with E-state index in [9.17, 15) is 4.79 Å². The molecule has 0 saturated heterocycles. The van der Waals surface area contributed by atoms with Gasteiger partial charge in [-0.05, 0) is 53.1 Å². The average Bonchev–Trinajstić information content (AvgIpc) is 2.90. The number of thiophene rings is 1. The second kappa shape index (κ2) is 6.61. The number of nitrogens with one attached hydrogen (secondary N) is 1. The SMILES string of the molecule is O=C(NCc1cc(Br)cs1)C1CCC2CCCCC2C1. The van der Waals surface area contributed by atoms with Crippen molar-refractivity contribution in [1.82, 2.24) is 5.32 Å². The highest BCUT2D eigenvalue weighted by Gasteiger charge is 2.34. The van der Waals surface area contributed by atoms with Crippen molar-refractivity contribution in [1.29, 1.82) is 0 Å². The van der Waals surface area contributed by atoms with Crippen LogP contribution in [0.5, 0.6) is 0 Å². The Balaban J connectivity index is 1.50. The number of halogens is 1. The summed E-state index contributed by atoms with van der Waals surface area (Å²) < 4.78 is 1.11. The Hall–Kier alpha value is -0.350. The first-order valence-electron chi connectivity index (χ1n) is 7.73. The number of carbonyl (C=O) groups is 1. The summed E-state index contributed by atoms with van der Waals surface area (Å²) in [4.78, 5) is 13.6. The third-order valence-corrected chi connectivity index (χ3v) is 6.67. The van der Waals surface area contributed by atoms with Gasteiger partial charge in [-0.3, -0.25) is 4.79 Å². The van der Waals surface area contributed by atoms with E-state index in [-0.39, 0.29) is 11.8 Å². The minimum Gasteiger partial charge on any atom is -0.351 e. The fourth-order valence-electron chi connectivity index (χ4n) is 3.88. The van der Waals surface area contributed by atoms with Crippen molar-refractivity contribution in [2.45, 2.75) is 51.5 Å². The third kappa shape index (κ3) is 3.45. The van der Waals surface area contributed by atoms with Gasteiger partial charge in [0, 0.05) is 20.6 Å². The molecule has 1 aromatic heterocycles. The Morgan fingerprint density at radius 3 is 2.80 bits per heavy atom. The van der Waals surface area contributed by atoms with Crippen LogP contribution < -0.4 is 5.32 Å². The predicted octanol–water partition coefficient (Wildman–Crippen LogP) is 4.73. The van der Waals surface area contributed by atoms with Crippen molar-refractivity contribution in [2.24, 2.45) is 17.8 Å². The van der Waals surface area contributed by atoms with E-state index >= 15 is 0 Å². The van der Waals surface area contributed by atoms with Crippen molar-refractivity contribution < 1.29 is 4.79 Å². The van der Waals surface area contributed by atoms with Gasteiger partial charge in [0.15, 0.2) is 0 Å². The minimum absolute atomic E-state index is 0.262. The molecule has 3 atom stereocenters. The fraction of sp³-hybridized carbons (Fsp3) is 0.688. The van der Waals surface area contributed by atoms with Gasteiger partial charge >= 0.3 is 0 Å². The number of hydrogen-bond acceptors (Lipinski definition) is 2. The molecule has 0 bridgehead atoms. The van der Waals surface area contributed by atoms with Crippen molar-refractivity contribution in [3.63, 3.8) is 0 Å². The summed E-state index contributed by atoms with van der Waals surface area (Å²) in [6.07, 6.45) is 9.04. The van der Waals surface area contributed by atoms with Crippen LogP contribution >= 0.6 is 27.3 Å². The predicted molar refractivity (Wildman–Crippen MR) is 86.7 cm³/mol. The molecule has 4 heteroatoms. The Morgan fingerprint density at radius 2 is 2.05 bits per heavy atom. The standard InChI is InChI=1S/C16H22BrNOS/c17-14-8-15(20-10-14)9-18-16(19)13-6-5-11-3-1-2-4-12(11)7-13/h8,10-13H,1-7,9H2,(H,18,19). The zero-order valence-electron chi connectivity index (χ0n) is 11.7. The van der Waals surface area contributed by atoms with E-state index in [1.165, 1.54) is 37.0 Å². The van der Waals surface area contributed by atoms with Gasteiger partial charge in [-0.1, -0.05) is 25.7 Å². The Bertz CT molecular complexity index is 473. The fourth-order valence-corrected chi connectivity index (χ4v) is 5.27. The van der Waals surface area contributed by atoms with Gasteiger partial charge in [0.1, 0.15) is 0 Å². The molecule has 0 spiro atoms. The molecule has 1 N–H and O–H groups in total. The zero-order valence-corrected chi connectivity index (χ0v) is 14.1. The molecule has 0 aromatic carbocycles. The van der Waals surface area contributed by atoms with Crippen molar-refractivity contribution in [3.05, 3.63) is 20.8 Å². The summed E-state index contributed by atoms with van der Waals surface area (Å²) in [5, 5.41) is 5.19. The lowest BCUT2D eigenvalue weighted by Crippen LogP contribution is -2.36. The summed E-state index contributed by atoms with van der Waals surface area (Å²) in [6.45, 7) is 0.680. The smallest absolute Gasteiger partial charge is 0.223 e. The van der Waals surface area contributed by atoms with Crippen LogP contribution in [-0.4, -0.2) is 5.91 Å². The van der Waals surface area contributed by atoms with Crippen molar-refractivity contribution >= 4 is 33.2 Å². The topological polar surface area (TPSA) is 29.1 Å². The molecule has 1 heterocycles. The average molecular weight is 356 g/mol. The highest BCUT2D eigenvalue weighted by Crippen LogP contribution is 2.42. The van der Waals surface area contributed by atoms with Gasteiger partial charge in [-0.2, -0.15) is 0 Å². The molecule has 110 valence electrons. The molecular weight excluding hydrogens is 334 g/mol. The number of amides is 1. The van der Waals surface area contributed by atoms with Crippen LogP contribution in [0.3, 0.4) is 0 Å². The molecule has 2 fully saturated rings. The maximum Gasteiger partial charge on any atom is 0.223 e. The van der Waals surface area contributed by atoms with Gasteiger partial charge < -0.3 is 5.32 Å². The molecule has 0 aliphatic heterocycles. The largest absolute Gasteiger partial charge is 0.351 e. The van der Waals surface area contributed by atoms with Crippen LogP contribution in [0.25, 0.3) is 0 Å². The maximum absolute atomic E-state index is 12.3. The van der Waals surface area contributed by atoms with Gasteiger partial charge in [-0.15, -0.1) is 11.3 Å². The van der Waals surface area contributed by atoms with E-state index in [2.05, 4.69) is 32.7 Å². The molecule has 3 rings (SSSR count). The third-order valence-electron chi connectivity index (χ3n) is 4.97. The first-order valence-corrected chi connectivity index (χ1v) is 9.40. The summed E-state index contributed by atoms with van der Waals surface area (Å²) in [7, 11) is 0. The van der Waals surface area contributed by atoms with Crippen LogP contribution in [0.1, 0.15) is 49.8 Å². The van der Waals surface area contributed by atoms with Crippen LogP contribution in [-0.2, 0) is 11.3 Å². The quantitative estimate of drug-likeness (QED) is 0.833. The number of fused-ring (bicyclic) bond motifs is 1. The Morgan fingerprint density at radius 1 is 1.25 bits per heavy atom. The highest BCUT2D eigenvalue weighted by atomic mass is 79.9. The van der Waals surface area contributed by atoms with E-state index in [1.54, 1.807) is 11.3 Å². The van der Waals surface area contributed by atoms with E-state index in [0.29, 0.717) is 6.54 Å². The van der Waals surface area contributed by atoms with Crippen LogP contribution in [0, 0.1) is 17.8 Å². The molecule has 1 aromatic rings. The first kappa shape index (κ1) is 14.6. The molecule has 2 aliphatic carbocycles. The molecule has 3 unspecified atom stereocenters. The lowest BCUT2D eigenvalue weighted by molar-refractivity contribution is -0.127. The number of hydrogen-bond donors (Lipinski definition) is 1. The van der Waals surface area contributed by atoms with E-state index in [4.69, 9.17) is 0 Å². The summed E-state index contributed by atoms with van der Waals surface area (Å²) >= 11 is 5.15. The van der Waals surface area contributed by atoms with Crippen LogP contribution in [0.4, 0.5) is 0 Å². The van der Waals surface area contributed by atoms with Gasteiger partial charge in [0.05, 0.1) is 6.54 Å². The van der Waals surface area contributed by atoms with Gasteiger partial charge in [-0.25, -0.2) is 0 Å². The summed E-state index contributed by atoms with van der Waals surface area (Å²) in [6, 6.07) is 2.09. The molecule has 2 aliphatic rings. The molecular formula is C16H22BrNOS. The Labute approximate surface area is 133 Å². The molecule has 2 saturated carbocycles. The first-order chi connectivity index (χ1) is 9.72. The highest BCUT2D eigenvalue weighted by molar-refractivity contribution is 9.10. The molecule has 0 radical (unpaired) electrons. The van der Waals surface area contributed by atoms with E-state index < -0.39 is 0 Å². The minimum atomic E-state index is 0.262. The van der Waals surface area contributed by atoms with Crippen LogP contribution in [0.2, 0.25) is 0 Å². The van der Waals surface area contributed by atoms with Crippen LogP contribution in [0.15, 0.2) is 15.9 Å². The van der Waals surface area contributed by atoms with Crippen molar-refractivity contribution in [2.75, 3.05) is 0 Å². The normalized spacial score (nSPS) is 29.8. The maximum atomic E-state index is 12.3. The lowest BCUT2D eigenvalue weighted by Gasteiger charge is -2.38. The number of rotatable bonds is 3. The molecule has 2 nitrogen and oxygen atoms in total. The Kier molecular flexibility index (Phi) is 4.82. The van der Waals surface area contributed by atoms with Crippen molar-refractivity contribution in [3.8, 4) is 0 Å². The summed E-state index contributed by atoms with van der Waals surface area (Å²) in [5.74, 6) is 2.28. The molecule has 1 amide bonds. The summed E-state index contributed by atoms with van der Waals surface area (Å²) in [5.41, 5.74) is 0. The number of carbonyl (C=O) groups excluding carboxylic acids is 1. The second-order valence-corrected chi connectivity index (χ2v) is 8.18. The monoisotopic (exact) mass is 355 g/mol. The zero-order chi connectivity index (χ0) is 13.9. The lowest BCUT2D eigenvalue weighted by atomic mass is 9.67. The van der Waals surface area contributed by atoms with E-state index in [0.717, 1.165) is 29.2 Å². The second-order valence-electron chi connectivity index (χ2n) is 6.26. The van der Waals surface area contributed by atoms with E-state index in [1.807, 2.05) is 0 Å². The molecule has 20 heavy (non-hydrogen) atoms. The van der Waals surface area contributed by atoms with Gasteiger partial charge in [0.2, 0.25) is 5.91 Å². The van der Waals surface area contributed by atoms with Gasteiger partial charge in [0.25, 0.3) is 0 Å².